The molecule has 4 rings (SSSR count). The van der Waals surface area contributed by atoms with Gasteiger partial charge in [0.05, 0.1) is 28.9 Å². The molecule has 0 radical (unpaired) electrons. The molecule has 154 valence electrons. The molecule has 0 aliphatic heterocycles. The van der Waals surface area contributed by atoms with Crippen molar-refractivity contribution in [2.45, 2.75) is 33.4 Å². The van der Waals surface area contributed by atoms with Crippen molar-refractivity contribution in [3.63, 3.8) is 0 Å². The summed E-state index contributed by atoms with van der Waals surface area (Å²) in [6.45, 7) is 4.68. The zero-order valence-electron chi connectivity index (χ0n) is 16.6. The highest BCUT2D eigenvalue weighted by Crippen LogP contribution is 2.23. The van der Waals surface area contributed by atoms with Gasteiger partial charge >= 0.3 is 0 Å². The van der Waals surface area contributed by atoms with Gasteiger partial charge in [-0.3, -0.25) is 9.48 Å². The first-order valence-corrected chi connectivity index (χ1v) is 10.7. The Morgan fingerprint density at radius 2 is 2.03 bits per heavy atom. The van der Waals surface area contributed by atoms with Crippen LogP contribution in [-0.2, 0) is 24.3 Å². The lowest BCUT2D eigenvalue weighted by molar-refractivity contribution is -0.120. The number of amides is 1. The average Bonchev–Trinajstić information content (AvgIpc) is 3.23. The van der Waals surface area contributed by atoms with Crippen LogP contribution in [0.1, 0.15) is 27.5 Å². The van der Waals surface area contributed by atoms with E-state index in [0.29, 0.717) is 17.1 Å². The number of hydrogen-bond donors (Lipinski definition) is 1. The Morgan fingerprint density at radius 3 is 2.80 bits per heavy atom. The number of rotatable bonds is 6. The summed E-state index contributed by atoms with van der Waals surface area (Å²) in [6, 6.07) is 12.2. The molecular formula is C22H20ClFN4OS. The Kier molecular flexibility index (Phi) is 5.83. The number of carbonyl (C=O) groups is 1. The molecule has 4 aromatic rings. The smallest absolute Gasteiger partial charge is 0.224 e. The van der Waals surface area contributed by atoms with E-state index in [2.05, 4.69) is 21.5 Å². The summed E-state index contributed by atoms with van der Waals surface area (Å²) in [5, 5.41) is 8.73. The fourth-order valence-electron chi connectivity index (χ4n) is 3.34. The molecule has 2 aromatic carbocycles. The number of halogens is 2. The van der Waals surface area contributed by atoms with Crippen LogP contribution >= 0.6 is 22.9 Å². The van der Waals surface area contributed by atoms with Gasteiger partial charge in [-0.25, -0.2) is 9.37 Å². The molecule has 0 atom stereocenters. The maximum absolute atomic E-state index is 13.2. The molecule has 0 saturated carbocycles. The largest absolute Gasteiger partial charge is 0.352 e. The molecule has 8 heteroatoms. The average molecular weight is 443 g/mol. The van der Waals surface area contributed by atoms with Crippen LogP contribution < -0.4 is 5.32 Å². The first-order valence-electron chi connectivity index (χ1n) is 9.48. The van der Waals surface area contributed by atoms with Crippen molar-refractivity contribution in [2.24, 2.45) is 0 Å². The zero-order valence-corrected chi connectivity index (χ0v) is 18.1. The standard InChI is InChI=1S/C22H20ClFN4OS/c1-13-17(10-21(29)25-11-15-7-8-16(24)9-18(15)23)14(2)28(27-13)12-22-26-19-5-3-4-6-20(19)30-22/h3-9H,10-12H2,1-2H3,(H,25,29). The zero-order chi connectivity index (χ0) is 21.3. The van der Waals surface area contributed by atoms with Crippen molar-refractivity contribution < 1.29 is 9.18 Å². The summed E-state index contributed by atoms with van der Waals surface area (Å²) in [5.74, 6) is -0.539. The highest BCUT2D eigenvalue weighted by atomic mass is 35.5. The lowest BCUT2D eigenvalue weighted by Crippen LogP contribution is -2.25. The highest BCUT2D eigenvalue weighted by molar-refractivity contribution is 7.18. The fourth-order valence-corrected chi connectivity index (χ4v) is 4.52. The number of nitrogens with zero attached hydrogens (tertiary/aromatic N) is 3. The van der Waals surface area contributed by atoms with E-state index < -0.39 is 5.82 Å². The van der Waals surface area contributed by atoms with E-state index in [1.165, 1.54) is 12.1 Å². The van der Waals surface area contributed by atoms with E-state index in [4.69, 9.17) is 11.6 Å². The predicted octanol–water partition coefficient (Wildman–Crippen LogP) is 4.81. The number of aryl methyl sites for hydroxylation is 1. The number of nitrogens with one attached hydrogen (secondary N) is 1. The highest BCUT2D eigenvalue weighted by Gasteiger charge is 2.16. The summed E-state index contributed by atoms with van der Waals surface area (Å²) in [4.78, 5) is 17.1. The van der Waals surface area contributed by atoms with Gasteiger partial charge in [0.2, 0.25) is 5.91 Å². The molecule has 0 aliphatic carbocycles. The molecule has 2 aromatic heterocycles. The molecule has 0 saturated heterocycles. The predicted molar refractivity (Wildman–Crippen MR) is 117 cm³/mol. The van der Waals surface area contributed by atoms with Crippen molar-refractivity contribution in [2.75, 3.05) is 0 Å². The molecule has 1 N–H and O–H groups in total. The third-order valence-corrected chi connectivity index (χ3v) is 6.36. The number of aromatic nitrogens is 3. The quantitative estimate of drug-likeness (QED) is 0.466. The second-order valence-electron chi connectivity index (χ2n) is 7.07. The van der Waals surface area contributed by atoms with Crippen molar-refractivity contribution >= 4 is 39.1 Å². The Labute approximate surface area is 182 Å². The monoisotopic (exact) mass is 442 g/mol. The van der Waals surface area contributed by atoms with E-state index >= 15 is 0 Å². The number of hydrogen-bond acceptors (Lipinski definition) is 4. The number of carbonyl (C=O) groups excluding carboxylic acids is 1. The molecule has 2 heterocycles. The van der Waals surface area contributed by atoms with Crippen LogP contribution in [-0.4, -0.2) is 20.7 Å². The summed E-state index contributed by atoms with van der Waals surface area (Å²) in [5.41, 5.74) is 4.33. The molecule has 0 unspecified atom stereocenters. The van der Waals surface area contributed by atoms with Crippen LogP contribution in [0.3, 0.4) is 0 Å². The van der Waals surface area contributed by atoms with Gasteiger partial charge in [0.25, 0.3) is 0 Å². The van der Waals surface area contributed by atoms with E-state index in [1.54, 1.807) is 17.4 Å². The minimum atomic E-state index is -0.401. The molecule has 0 spiro atoms. The maximum Gasteiger partial charge on any atom is 0.224 e. The summed E-state index contributed by atoms with van der Waals surface area (Å²) in [6.07, 6.45) is 0.219. The SMILES string of the molecule is Cc1nn(Cc2nc3ccccc3s2)c(C)c1CC(=O)NCc1ccc(F)cc1Cl. The Morgan fingerprint density at radius 1 is 1.23 bits per heavy atom. The first kappa shape index (κ1) is 20.5. The van der Waals surface area contributed by atoms with Crippen LogP contribution in [0.15, 0.2) is 42.5 Å². The van der Waals surface area contributed by atoms with Crippen molar-refractivity contribution in [1.29, 1.82) is 0 Å². The second kappa shape index (κ2) is 8.53. The van der Waals surface area contributed by atoms with Gasteiger partial charge < -0.3 is 5.32 Å². The van der Waals surface area contributed by atoms with Crippen LogP contribution in [0.2, 0.25) is 5.02 Å². The van der Waals surface area contributed by atoms with Gasteiger partial charge in [-0.05, 0) is 43.7 Å². The van der Waals surface area contributed by atoms with Gasteiger partial charge in [0.15, 0.2) is 0 Å². The Bertz CT molecular complexity index is 1200. The summed E-state index contributed by atoms with van der Waals surface area (Å²) in [7, 11) is 0. The van der Waals surface area contributed by atoms with Gasteiger partial charge in [-0.1, -0.05) is 29.8 Å². The normalized spacial score (nSPS) is 11.2. The van der Waals surface area contributed by atoms with Crippen LogP contribution in [0.5, 0.6) is 0 Å². The van der Waals surface area contributed by atoms with Crippen molar-refractivity contribution in [1.82, 2.24) is 20.1 Å². The summed E-state index contributed by atoms with van der Waals surface area (Å²) >= 11 is 7.67. The van der Waals surface area contributed by atoms with Gasteiger partial charge in [0, 0.05) is 22.8 Å². The molecule has 1 amide bonds. The molecule has 0 bridgehead atoms. The fraction of sp³-hybridized carbons (Fsp3) is 0.227. The van der Waals surface area contributed by atoms with E-state index in [0.717, 1.165) is 32.2 Å². The molecule has 5 nitrogen and oxygen atoms in total. The minimum Gasteiger partial charge on any atom is -0.352 e. The third-order valence-electron chi connectivity index (χ3n) is 4.98. The molecule has 30 heavy (non-hydrogen) atoms. The number of fused-ring (bicyclic) bond motifs is 1. The van der Waals surface area contributed by atoms with E-state index in [9.17, 15) is 9.18 Å². The molecular weight excluding hydrogens is 423 g/mol. The van der Waals surface area contributed by atoms with Gasteiger partial charge in [0.1, 0.15) is 10.8 Å². The van der Waals surface area contributed by atoms with Crippen LogP contribution in [0.4, 0.5) is 4.39 Å². The molecule has 0 fully saturated rings. The third kappa shape index (κ3) is 4.37. The Hall–Kier alpha value is -2.77. The summed E-state index contributed by atoms with van der Waals surface area (Å²) < 4.78 is 16.2. The van der Waals surface area contributed by atoms with Crippen molar-refractivity contribution in [3.8, 4) is 0 Å². The van der Waals surface area contributed by atoms with Gasteiger partial charge in [-0.15, -0.1) is 11.3 Å². The minimum absolute atomic E-state index is 0.138. The van der Waals surface area contributed by atoms with E-state index in [1.807, 2.05) is 36.7 Å². The first-order chi connectivity index (χ1) is 14.4. The number of benzene rings is 2. The van der Waals surface area contributed by atoms with Crippen molar-refractivity contribution in [3.05, 3.63) is 80.8 Å². The number of thiazole rings is 1. The van der Waals surface area contributed by atoms with Crippen LogP contribution in [0.25, 0.3) is 10.2 Å². The topological polar surface area (TPSA) is 59.8 Å². The van der Waals surface area contributed by atoms with Crippen LogP contribution in [0, 0.1) is 19.7 Å². The second-order valence-corrected chi connectivity index (χ2v) is 8.59. The number of para-hydroxylation sites is 1. The Balaban J connectivity index is 1.44. The molecule has 0 aliphatic rings. The van der Waals surface area contributed by atoms with E-state index in [-0.39, 0.29) is 18.9 Å². The lowest BCUT2D eigenvalue weighted by atomic mass is 10.1. The maximum atomic E-state index is 13.2. The van der Waals surface area contributed by atoms with Gasteiger partial charge in [-0.2, -0.15) is 5.10 Å². The lowest BCUT2D eigenvalue weighted by Gasteiger charge is -2.08.